The van der Waals surface area contributed by atoms with Gasteiger partial charge in [-0.2, -0.15) is 4.98 Å². The average molecular weight is 373 g/mol. The fraction of sp³-hybridized carbons (Fsp3) is 0.316. The molecule has 3 rings (SSSR count). The predicted octanol–water partition coefficient (Wildman–Crippen LogP) is 4.12. The topological polar surface area (TPSA) is 64.2 Å². The van der Waals surface area contributed by atoms with Crippen LogP contribution < -0.4 is 0 Å². The average Bonchev–Trinajstić information content (AvgIpc) is 3.29. The quantitative estimate of drug-likeness (QED) is 0.625. The third kappa shape index (κ3) is 4.14. The van der Waals surface area contributed by atoms with E-state index < -0.39 is 0 Å². The Kier molecular flexibility index (Phi) is 5.73. The normalized spacial score (nSPS) is 10.9. The molecule has 136 valence electrons. The van der Waals surface area contributed by atoms with Crippen LogP contribution in [0.25, 0.3) is 23.0 Å². The summed E-state index contributed by atoms with van der Waals surface area (Å²) in [6.07, 6.45) is 3.89. The molecule has 0 atom stereocenters. The molecule has 0 N–H and O–H groups in total. The molecule has 7 heteroatoms. The molecule has 26 heavy (non-hydrogen) atoms. The molecule has 0 aliphatic carbocycles. The number of hydrogen-bond acceptors (Lipinski definition) is 4. The van der Waals surface area contributed by atoms with Crippen LogP contribution in [-0.2, 0) is 11.3 Å². The molecule has 0 saturated carbocycles. The molecule has 0 saturated heterocycles. The zero-order chi connectivity index (χ0) is 18.5. The van der Waals surface area contributed by atoms with Crippen molar-refractivity contribution in [1.82, 2.24) is 19.6 Å². The van der Waals surface area contributed by atoms with Gasteiger partial charge in [0, 0.05) is 30.4 Å². The molecule has 1 amide bonds. The number of halogens is 1. The van der Waals surface area contributed by atoms with Gasteiger partial charge >= 0.3 is 0 Å². The maximum absolute atomic E-state index is 12.4. The first kappa shape index (κ1) is 18.2. The first-order chi connectivity index (χ1) is 12.6. The van der Waals surface area contributed by atoms with E-state index in [0.29, 0.717) is 16.7 Å². The SMILES string of the molecule is CCCCN(C)C(=O)Cn1cccc1-c1nc(-c2ccc(Cl)cc2)no1. The van der Waals surface area contributed by atoms with Crippen molar-refractivity contribution in [3.8, 4) is 23.0 Å². The van der Waals surface area contributed by atoms with Crippen molar-refractivity contribution in [1.29, 1.82) is 0 Å². The fourth-order valence-electron chi connectivity index (χ4n) is 2.58. The lowest BCUT2D eigenvalue weighted by Crippen LogP contribution is -2.31. The van der Waals surface area contributed by atoms with Gasteiger partial charge in [-0.3, -0.25) is 4.79 Å². The number of benzene rings is 1. The van der Waals surface area contributed by atoms with Crippen LogP contribution in [0.5, 0.6) is 0 Å². The first-order valence-electron chi connectivity index (χ1n) is 8.57. The van der Waals surface area contributed by atoms with E-state index in [9.17, 15) is 4.79 Å². The van der Waals surface area contributed by atoms with Gasteiger partial charge in [0.15, 0.2) is 0 Å². The molecule has 0 radical (unpaired) electrons. The lowest BCUT2D eigenvalue weighted by molar-refractivity contribution is -0.130. The van der Waals surface area contributed by atoms with Crippen LogP contribution in [0.4, 0.5) is 0 Å². The number of aromatic nitrogens is 3. The zero-order valence-electron chi connectivity index (χ0n) is 14.9. The van der Waals surface area contributed by atoms with Crippen molar-refractivity contribution >= 4 is 17.5 Å². The van der Waals surface area contributed by atoms with E-state index in [0.717, 1.165) is 30.6 Å². The van der Waals surface area contributed by atoms with Gasteiger partial charge in [-0.15, -0.1) is 0 Å². The fourth-order valence-corrected chi connectivity index (χ4v) is 2.70. The summed E-state index contributed by atoms with van der Waals surface area (Å²) in [5, 5.41) is 4.68. The minimum absolute atomic E-state index is 0.0494. The Morgan fingerprint density at radius 1 is 1.27 bits per heavy atom. The molecule has 2 heterocycles. The van der Waals surface area contributed by atoms with E-state index in [2.05, 4.69) is 17.1 Å². The molecule has 2 aromatic heterocycles. The smallest absolute Gasteiger partial charge is 0.274 e. The highest BCUT2D eigenvalue weighted by Gasteiger charge is 2.16. The van der Waals surface area contributed by atoms with Crippen LogP contribution >= 0.6 is 11.6 Å². The van der Waals surface area contributed by atoms with Crippen molar-refractivity contribution < 1.29 is 9.32 Å². The zero-order valence-corrected chi connectivity index (χ0v) is 15.6. The van der Waals surface area contributed by atoms with Crippen LogP contribution in [0.1, 0.15) is 19.8 Å². The maximum Gasteiger partial charge on any atom is 0.274 e. The molecule has 0 bridgehead atoms. The van der Waals surface area contributed by atoms with Crippen molar-refractivity contribution in [3.05, 3.63) is 47.6 Å². The minimum atomic E-state index is 0.0494. The molecular formula is C19H21ClN4O2. The Hall–Kier alpha value is -2.60. The molecule has 0 aliphatic heterocycles. The first-order valence-corrected chi connectivity index (χ1v) is 8.95. The van der Waals surface area contributed by atoms with Crippen LogP contribution in [0.15, 0.2) is 47.1 Å². The van der Waals surface area contributed by atoms with Crippen LogP contribution in [0.2, 0.25) is 5.02 Å². The number of carbonyl (C=O) groups is 1. The Labute approximate surface area is 157 Å². The summed E-state index contributed by atoms with van der Waals surface area (Å²) in [6, 6.07) is 10.9. The summed E-state index contributed by atoms with van der Waals surface area (Å²) in [7, 11) is 1.83. The summed E-state index contributed by atoms with van der Waals surface area (Å²) in [5.41, 5.74) is 1.54. The van der Waals surface area contributed by atoms with E-state index in [1.807, 2.05) is 42.1 Å². The van der Waals surface area contributed by atoms with E-state index in [1.54, 1.807) is 17.0 Å². The molecule has 0 aliphatic rings. The van der Waals surface area contributed by atoms with Gasteiger partial charge in [0.1, 0.15) is 12.2 Å². The minimum Gasteiger partial charge on any atom is -0.344 e. The van der Waals surface area contributed by atoms with Gasteiger partial charge in [0.25, 0.3) is 5.89 Å². The van der Waals surface area contributed by atoms with E-state index in [1.165, 1.54) is 0 Å². The molecule has 1 aromatic carbocycles. The van der Waals surface area contributed by atoms with E-state index >= 15 is 0 Å². The monoisotopic (exact) mass is 372 g/mol. The number of rotatable bonds is 7. The highest BCUT2D eigenvalue weighted by Crippen LogP contribution is 2.24. The third-order valence-electron chi connectivity index (χ3n) is 4.16. The highest BCUT2D eigenvalue weighted by atomic mass is 35.5. The molecule has 0 spiro atoms. The summed E-state index contributed by atoms with van der Waals surface area (Å²) in [5.74, 6) is 0.910. The van der Waals surface area contributed by atoms with E-state index in [4.69, 9.17) is 16.1 Å². The largest absolute Gasteiger partial charge is 0.344 e. The van der Waals surface area contributed by atoms with Gasteiger partial charge in [-0.05, 0) is 42.8 Å². The summed E-state index contributed by atoms with van der Waals surface area (Å²) < 4.78 is 7.22. The molecule has 0 unspecified atom stereocenters. The highest BCUT2D eigenvalue weighted by molar-refractivity contribution is 6.30. The standard InChI is InChI=1S/C19H21ClN4O2/c1-3-4-11-23(2)17(25)13-24-12-5-6-16(24)19-21-18(22-26-19)14-7-9-15(20)10-8-14/h5-10,12H,3-4,11,13H2,1-2H3. The lowest BCUT2D eigenvalue weighted by atomic mass is 10.2. The van der Waals surface area contributed by atoms with Gasteiger partial charge in [0.05, 0.1) is 0 Å². The van der Waals surface area contributed by atoms with E-state index in [-0.39, 0.29) is 12.5 Å². The lowest BCUT2D eigenvalue weighted by Gasteiger charge is -2.17. The molecule has 3 aromatic rings. The van der Waals surface area contributed by atoms with Crippen LogP contribution in [0.3, 0.4) is 0 Å². The van der Waals surface area contributed by atoms with Crippen LogP contribution in [0, 0.1) is 0 Å². The van der Waals surface area contributed by atoms with Gasteiger partial charge in [-0.1, -0.05) is 30.1 Å². The Balaban J connectivity index is 1.76. The van der Waals surface area contributed by atoms with Crippen molar-refractivity contribution in [2.45, 2.75) is 26.3 Å². The second kappa shape index (κ2) is 8.19. The number of amides is 1. The summed E-state index contributed by atoms with van der Waals surface area (Å²) in [4.78, 5) is 18.6. The molecule has 6 nitrogen and oxygen atoms in total. The number of carbonyl (C=O) groups excluding carboxylic acids is 1. The molecular weight excluding hydrogens is 352 g/mol. The number of hydrogen-bond donors (Lipinski definition) is 0. The number of likely N-dealkylation sites (N-methyl/N-ethyl adjacent to an activating group) is 1. The Morgan fingerprint density at radius 2 is 2.04 bits per heavy atom. The maximum atomic E-state index is 12.4. The number of nitrogens with zero attached hydrogens (tertiary/aromatic N) is 4. The number of unbranched alkanes of at least 4 members (excludes halogenated alkanes) is 1. The summed E-state index contributed by atoms with van der Waals surface area (Å²) >= 11 is 5.91. The van der Waals surface area contributed by atoms with Gasteiger partial charge in [-0.25, -0.2) is 0 Å². The van der Waals surface area contributed by atoms with Crippen LogP contribution in [-0.4, -0.2) is 39.1 Å². The van der Waals surface area contributed by atoms with Gasteiger partial charge < -0.3 is 14.0 Å². The second-order valence-corrected chi connectivity index (χ2v) is 6.56. The van der Waals surface area contributed by atoms with Crippen molar-refractivity contribution in [3.63, 3.8) is 0 Å². The Bertz CT molecular complexity index is 870. The molecule has 0 fully saturated rings. The Morgan fingerprint density at radius 3 is 2.77 bits per heavy atom. The predicted molar refractivity (Wildman–Crippen MR) is 101 cm³/mol. The third-order valence-corrected chi connectivity index (χ3v) is 4.41. The second-order valence-electron chi connectivity index (χ2n) is 6.12. The van der Waals surface area contributed by atoms with Crippen molar-refractivity contribution in [2.75, 3.05) is 13.6 Å². The van der Waals surface area contributed by atoms with Crippen molar-refractivity contribution in [2.24, 2.45) is 0 Å². The summed E-state index contributed by atoms with van der Waals surface area (Å²) in [6.45, 7) is 3.10. The van der Waals surface area contributed by atoms with Gasteiger partial charge in [0.2, 0.25) is 11.7 Å².